The SMILES string of the molecule is Cc1ccc(C(=O)Nc2c(-c3ccccc3)nc3c(C)cccn23)cc1S(=O)(=O)N1CCOCC1. The molecule has 0 spiro atoms. The van der Waals surface area contributed by atoms with Crippen LogP contribution in [0, 0.1) is 13.8 Å². The minimum absolute atomic E-state index is 0.129. The number of sulfonamides is 1. The Morgan fingerprint density at radius 3 is 2.46 bits per heavy atom. The molecule has 3 heterocycles. The lowest BCUT2D eigenvalue weighted by Gasteiger charge is -2.26. The zero-order valence-electron chi connectivity index (χ0n) is 19.6. The number of carbonyl (C=O) groups is 1. The largest absolute Gasteiger partial charge is 0.379 e. The Hall–Kier alpha value is -3.53. The Labute approximate surface area is 204 Å². The van der Waals surface area contributed by atoms with Crippen molar-refractivity contribution in [2.45, 2.75) is 18.7 Å². The summed E-state index contributed by atoms with van der Waals surface area (Å²) in [6.07, 6.45) is 1.85. The number of hydrogen-bond acceptors (Lipinski definition) is 5. The Balaban J connectivity index is 1.54. The summed E-state index contributed by atoms with van der Waals surface area (Å²) in [6, 6.07) is 18.2. The highest BCUT2D eigenvalue weighted by atomic mass is 32.2. The van der Waals surface area contributed by atoms with Gasteiger partial charge in [-0.05, 0) is 43.2 Å². The molecule has 1 amide bonds. The Kier molecular flexibility index (Phi) is 6.14. The van der Waals surface area contributed by atoms with Gasteiger partial charge >= 0.3 is 0 Å². The zero-order valence-corrected chi connectivity index (χ0v) is 20.4. The molecule has 1 aliphatic rings. The molecule has 180 valence electrons. The molecule has 35 heavy (non-hydrogen) atoms. The van der Waals surface area contributed by atoms with E-state index < -0.39 is 15.9 Å². The number of anilines is 1. The molecule has 0 unspecified atom stereocenters. The van der Waals surface area contributed by atoms with Gasteiger partial charge in [-0.15, -0.1) is 0 Å². The molecular formula is C26H26N4O4S. The van der Waals surface area contributed by atoms with Crippen molar-refractivity contribution in [3.05, 3.63) is 83.6 Å². The third-order valence-electron chi connectivity index (χ3n) is 6.16. The van der Waals surface area contributed by atoms with Gasteiger partial charge in [0.05, 0.1) is 18.1 Å². The molecule has 1 fully saturated rings. The van der Waals surface area contributed by atoms with Gasteiger partial charge in [0.25, 0.3) is 5.91 Å². The third-order valence-corrected chi connectivity index (χ3v) is 8.20. The van der Waals surface area contributed by atoms with Crippen LogP contribution in [-0.2, 0) is 14.8 Å². The van der Waals surface area contributed by atoms with Crippen LogP contribution >= 0.6 is 0 Å². The van der Waals surface area contributed by atoms with Crippen molar-refractivity contribution in [1.29, 1.82) is 0 Å². The molecule has 8 nitrogen and oxygen atoms in total. The molecule has 0 aliphatic carbocycles. The maximum atomic E-state index is 13.4. The predicted molar refractivity (Wildman–Crippen MR) is 134 cm³/mol. The van der Waals surface area contributed by atoms with Crippen LogP contribution < -0.4 is 5.32 Å². The fourth-order valence-corrected chi connectivity index (χ4v) is 5.90. The van der Waals surface area contributed by atoms with Crippen LogP contribution in [-0.4, -0.2) is 54.3 Å². The van der Waals surface area contributed by atoms with Crippen LogP contribution in [0.2, 0.25) is 0 Å². The van der Waals surface area contributed by atoms with Crippen molar-refractivity contribution in [2.24, 2.45) is 0 Å². The van der Waals surface area contributed by atoms with E-state index in [4.69, 9.17) is 9.72 Å². The number of carbonyl (C=O) groups excluding carboxylic acids is 1. The maximum Gasteiger partial charge on any atom is 0.256 e. The smallest absolute Gasteiger partial charge is 0.256 e. The van der Waals surface area contributed by atoms with Crippen molar-refractivity contribution >= 4 is 27.4 Å². The van der Waals surface area contributed by atoms with E-state index in [2.05, 4.69) is 5.32 Å². The molecule has 1 saturated heterocycles. The number of rotatable bonds is 5. The van der Waals surface area contributed by atoms with Gasteiger partial charge in [0.2, 0.25) is 10.0 Å². The normalized spacial score (nSPS) is 14.8. The molecule has 2 aromatic carbocycles. The molecule has 9 heteroatoms. The third kappa shape index (κ3) is 4.34. The Morgan fingerprint density at radius 2 is 1.71 bits per heavy atom. The zero-order chi connectivity index (χ0) is 24.6. The average Bonchev–Trinajstić information content (AvgIpc) is 3.25. The number of aryl methyl sites for hydroxylation is 2. The quantitative estimate of drug-likeness (QED) is 0.458. The van der Waals surface area contributed by atoms with Crippen LogP contribution in [0.1, 0.15) is 21.5 Å². The van der Waals surface area contributed by atoms with Crippen LogP contribution in [0.15, 0.2) is 71.8 Å². The number of imidazole rings is 1. The van der Waals surface area contributed by atoms with Crippen LogP contribution in [0.3, 0.4) is 0 Å². The number of pyridine rings is 1. The average molecular weight is 491 g/mol. The van der Waals surface area contributed by atoms with E-state index in [1.165, 1.54) is 10.4 Å². The first kappa shape index (κ1) is 23.2. The highest BCUT2D eigenvalue weighted by molar-refractivity contribution is 7.89. The van der Waals surface area contributed by atoms with Crippen LogP contribution in [0.5, 0.6) is 0 Å². The number of fused-ring (bicyclic) bond motifs is 1. The fraction of sp³-hybridized carbons (Fsp3) is 0.231. The number of nitrogens with zero attached hydrogens (tertiary/aromatic N) is 3. The van der Waals surface area contributed by atoms with Gasteiger partial charge in [0.15, 0.2) is 0 Å². The van der Waals surface area contributed by atoms with Crippen molar-refractivity contribution in [2.75, 3.05) is 31.6 Å². The van der Waals surface area contributed by atoms with Crippen LogP contribution in [0.4, 0.5) is 5.82 Å². The van der Waals surface area contributed by atoms with Crippen molar-refractivity contribution in [3.63, 3.8) is 0 Å². The van der Waals surface area contributed by atoms with Crippen molar-refractivity contribution in [3.8, 4) is 11.3 Å². The minimum atomic E-state index is -3.75. The van der Waals surface area contributed by atoms with E-state index in [-0.39, 0.29) is 10.5 Å². The minimum Gasteiger partial charge on any atom is -0.379 e. The van der Waals surface area contributed by atoms with Crippen LogP contribution in [0.25, 0.3) is 16.9 Å². The number of benzene rings is 2. The van der Waals surface area contributed by atoms with Gasteiger partial charge in [-0.1, -0.05) is 42.5 Å². The summed E-state index contributed by atoms with van der Waals surface area (Å²) < 4.78 is 35.1. The maximum absolute atomic E-state index is 13.4. The fourth-order valence-electron chi connectivity index (χ4n) is 4.25. The highest BCUT2D eigenvalue weighted by Crippen LogP contribution is 2.30. The monoisotopic (exact) mass is 490 g/mol. The summed E-state index contributed by atoms with van der Waals surface area (Å²) in [6.45, 7) is 4.99. The molecule has 0 atom stereocenters. The molecule has 2 aromatic heterocycles. The number of nitrogens with one attached hydrogen (secondary N) is 1. The number of aromatic nitrogens is 2. The van der Waals surface area contributed by atoms with E-state index in [1.807, 2.05) is 60.0 Å². The van der Waals surface area contributed by atoms with Gasteiger partial charge in [-0.3, -0.25) is 9.20 Å². The first-order chi connectivity index (χ1) is 16.9. The number of amides is 1. The molecule has 1 aliphatic heterocycles. The summed E-state index contributed by atoms with van der Waals surface area (Å²) >= 11 is 0. The van der Waals surface area contributed by atoms with E-state index in [0.717, 1.165) is 16.8 Å². The molecule has 4 aromatic rings. The second-order valence-corrected chi connectivity index (χ2v) is 10.4. The molecule has 0 radical (unpaired) electrons. The summed E-state index contributed by atoms with van der Waals surface area (Å²) in [7, 11) is -3.75. The molecule has 0 bridgehead atoms. The highest BCUT2D eigenvalue weighted by Gasteiger charge is 2.29. The molecule has 5 rings (SSSR count). The van der Waals surface area contributed by atoms with Crippen molar-refractivity contribution < 1.29 is 17.9 Å². The molecular weight excluding hydrogens is 464 g/mol. The number of ether oxygens (including phenoxy) is 1. The van der Waals surface area contributed by atoms with E-state index in [0.29, 0.717) is 43.4 Å². The topological polar surface area (TPSA) is 93.0 Å². The molecule has 0 saturated carbocycles. The van der Waals surface area contributed by atoms with Gasteiger partial charge in [-0.25, -0.2) is 13.4 Å². The second kappa shape index (κ2) is 9.26. The van der Waals surface area contributed by atoms with E-state index >= 15 is 0 Å². The van der Waals surface area contributed by atoms with E-state index in [9.17, 15) is 13.2 Å². The Morgan fingerprint density at radius 1 is 0.971 bits per heavy atom. The number of morpholine rings is 1. The van der Waals surface area contributed by atoms with Gasteiger partial charge in [0.1, 0.15) is 17.2 Å². The van der Waals surface area contributed by atoms with Crippen molar-refractivity contribution in [1.82, 2.24) is 13.7 Å². The first-order valence-electron chi connectivity index (χ1n) is 11.4. The summed E-state index contributed by atoms with van der Waals surface area (Å²) in [5.41, 5.74) is 4.06. The summed E-state index contributed by atoms with van der Waals surface area (Å²) in [5.74, 6) is 0.113. The van der Waals surface area contributed by atoms with E-state index in [1.54, 1.807) is 19.1 Å². The summed E-state index contributed by atoms with van der Waals surface area (Å²) in [4.78, 5) is 18.3. The number of hydrogen-bond donors (Lipinski definition) is 1. The summed E-state index contributed by atoms with van der Waals surface area (Å²) in [5, 5.41) is 2.99. The lowest BCUT2D eigenvalue weighted by Crippen LogP contribution is -2.40. The van der Waals surface area contributed by atoms with Gasteiger partial charge < -0.3 is 10.1 Å². The first-order valence-corrected chi connectivity index (χ1v) is 12.8. The Bertz CT molecular complexity index is 1510. The standard InChI is InChI=1S/C26H26N4O4S/c1-18-10-11-21(17-22(18)35(32,33)29-13-15-34-16-14-29)26(31)28-25-23(20-8-4-3-5-9-20)27-24-19(2)7-6-12-30(24)25/h3-12,17H,13-16H2,1-2H3,(H,28,31). The lowest BCUT2D eigenvalue weighted by molar-refractivity contribution is 0.0730. The lowest BCUT2D eigenvalue weighted by atomic mass is 10.1. The predicted octanol–water partition coefficient (Wildman–Crippen LogP) is 3.89. The molecule has 1 N–H and O–H groups in total. The van der Waals surface area contributed by atoms with Gasteiger partial charge in [0, 0.05) is 30.4 Å². The van der Waals surface area contributed by atoms with Gasteiger partial charge in [-0.2, -0.15) is 4.31 Å². The second-order valence-electron chi connectivity index (χ2n) is 8.51.